The summed E-state index contributed by atoms with van der Waals surface area (Å²) in [4.78, 5) is 11.9. The summed E-state index contributed by atoms with van der Waals surface area (Å²) in [5.74, 6) is -0.0779. The number of esters is 1. The third-order valence-electron chi connectivity index (χ3n) is 2.92. The molecule has 6 heteroatoms. The first kappa shape index (κ1) is 14.7. The molecule has 0 aliphatic heterocycles. The fourth-order valence-electron chi connectivity index (χ4n) is 1.74. The van der Waals surface area contributed by atoms with E-state index in [4.69, 9.17) is 4.74 Å². The monoisotopic (exact) mass is 293 g/mol. The predicted molar refractivity (Wildman–Crippen MR) is 77.9 cm³/mol. The van der Waals surface area contributed by atoms with Gasteiger partial charge in [0.05, 0.1) is 12.3 Å². The van der Waals surface area contributed by atoms with Gasteiger partial charge >= 0.3 is 5.97 Å². The standard InChI is InChI=1S/C14H19N3O2S/c1-10(2)8-19-14(18)13-11(3)17(16-15-13)6-4-12-5-7-20-9-12/h5,7,9-10H,4,6,8H2,1-3H3. The van der Waals surface area contributed by atoms with E-state index in [0.717, 1.165) is 12.1 Å². The topological polar surface area (TPSA) is 57.0 Å². The van der Waals surface area contributed by atoms with Crippen LogP contribution in [0.25, 0.3) is 0 Å². The number of hydrogen-bond donors (Lipinski definition) is 0. The number of ether oxygens (including phenoxy) is 1. The number of rotatable bonds is 6. The molecule has 0 N–H and O–H groups in total. The van der Waals surface area contributed by atoms with Gasteiger partial charge in [-0.3, -0.25) is 0 Å². The van der Waals surface area contributed by atoms with Crippen LogP contribution in [0.4, 0.5) is 0 Å². The van der Waals surface area contributed by atoms with Gasteiger partial charge in [0, 0.05) is 6.54 Å². The Bertz CT molecular complexity index is 561. The third kappa shape index (κ3) is 3.66. The Kier molecular flexibility index (Phi) is 4.89. The van der Waals surface area contributed by atoms with E-state index in [1.54, 1.807) is 16.0 Å². The Hall–Kier alpha value is -1.69. The zero-order chi connectivity index (χ0) is 14.5. The van der Waals surface area contributed by atoms with Crippen molar-refractivity contribution in [3.8, 4) is 0 Å². The summed E-state index contributed by atoms with van der Waals surface area (Å²) in [5.41, 5.74) is 2.35. The average molecular weight is 293 g/mol. The van der Waals surface area contributed by atoms with Crippen LogP contribution in [0.15, 0.2) is 16.8 Å². The van der Waals surface area contributed by atoms with Crippen molar-refractivity contribution in [3.63, 3.8) is 0 Å². The Morgan fingerprint density at radius 3 is 2.95 bits per heavy atom. The van der Waals surface area contributed by atoms with E-state index < -0.39 is 5.97 Å². The van der Waals surface area contributed by atoms with Crippen LogP contribution in [0, 0.1) is 12.8 Å². The normalized spacial score (nSPS) is 11.0. The van der Waals surface area contributed by atoms with Gasteiger partial charge in [0.25, 0.3) is 0 Å². The van der Waals surface area contributed by atoms with Crippen molar-refractivity contribution in [1.29, 1.82) is 0 Å². The van der Waals surface area contributed by atoms with Gasteiger partial charge in [0.2, 0.25) is 0 Å². The summed E-state index contributed by atoms with van der Waals surface area (Å²) >= 11 is 1.68. The van der Waals surface area contributed by atoms with Gasteiger partial charge in [-0.2, -0.15) is 11.3 Å². The van der Waals surface area contributed by atoms with Crippen molar-refractivity contribution in [2.75, 3.05) is 6.61 Å². The first-order valence-electron chi connectivity index (χ1n) is 6.66. The van der Waals surface area contributed by atoms with Gasteiger partial charge in [-0.15, -0.1) is 5.10 Å². The number of carbonyl (C=O) groups is 1. The Labute approximate surface area is 122 Å². The molecule has 0 aliphatic carbocycles. The number of aryl methyl sites for hydroxylation is 2. The van der Waals surface area contributed by atoms with Crippen LogP contribution in [-0.4, -0.2) is 27.6 Å². The van der Waals surface area contributed by atoms with Crippen LogP contribution < -0.4 is 0 Å². The van der Waals surface area contributed by atoms with Crippen LogP contribution in [0.2, 0.25) is 0 Å². The number of aromatic nitrogens is 3. The highest BCUT2D eigenvalue weighted by Crippen LogP contribution is 2.10. The average Bonchev–Trinajstić information content (AvgIpc) is 3.03. The maximum Gasteiger partial charge on any atom is 0.360 e. The van der Waals surface area contributed by atoms with Crippen molar-refractivity contribution in [1.82, 2.24) is 15.0 Å². The van der Waals surface area contributed by atoms with Gasteiger partial charge < -0.3 is 4.74 Å². The minimum atomic E-state index is -0.391. The molecule has 0 aliphatic rings. The van der Waals surface area contributed by atoms with Crippen molar-refractivity contribution in [3.05, 3.63) is 33.8 Å². The summed E-state index contributed by atoms with van der Waals surface area (Å²) in [6.07, 6.45) is 0.883. The molecule has 0 amide bonds. The molecule has 0 aromatic carbocycles. The van der Waals surface area contributed by atoms with Crippen molar-refractivity contribution < 1.29 is 9.53 Å². The molecular weight excluding hydrogens is 274 g/mol. The molecule has 20 heavy (non-hydrogen) atoms. The molecule has 2 aromatic heterocycles. The molecule has 0 spiro atoms. The first-order valence-corrected chi connectivity index (χ1v) is 7.60. The maximum atomic E-state index is 11.9. The lowest BCUT2D eigenvalue weighted by molar-refractivity contribution is 0.0451. The van der Waals surface area contributed by atoms with Gasteiger partial charge in [0.15, 0.2) is 5.69 Å². The van der Waals surface area contributed by atoms with E-state index in [2.05, 4.69) is 27.1 Å². The number of thiophene rings is 1. The van der Waals surface area contributed by atoms with Crippen molar-refractivity contribution >= 4 is 17.3 Å². The molecular formula is C14H19N3O2S. The second kappa shape index (κ2) is 6.65. The molecule has 0 bridgehead atoms. The zero-order valence-electron chi connectivity index (χ0n) is 12.0. The van der Waals surface area contributed by atoms with Crippen LogP contribution in [-0.2, 0) is 17.7 Å². The van der Waals surface area contributed by atoms with E-state index in [1.165, 1.54) is 5.56 Å². The van der Waals surface area contributed by atoms with Gasteiger partial charge in [-0.1, -0.05) is 19.1 Å². The van der Waals surface area contributed by atoms with E-state index in [1.807, 2.05) is 20.8 Å². The highest BCUT2D eigenvalue weighted by molar-refractivity contribution is 7.07. The summed E-state index contributed by atoms with van der Waals surface area (Å²) in [6.45, 7) is 6.96. The highest BCUT2D eigenvalue weighted by atomic mass is 32.1. The Morgan fingerprint density at radius 1 is 1.50 bits per heavy atom. The Balaban J connectivity index is 1.97. The predicted octanol–water partition coefficient (Wildman–Crippen LogP) is 2.70. The first-order chi connectivity index (χ1) is 9.58. The van der Waals surface area contributed by atoms with Crippen molar-refractivity contribution in [2.45, 2.75) is 33.7 Å². The summed E-state index contributed by atoms with van der Waals surface area (Å²) in [6, 6.07) is 2.09. The fourth-order valence-corrected chi connectivity index (χ4v) is 2.45. The molecule has 0 unspecified atom stereocenters. The van der Waals surface area contributed by atoms with E-state index >= 15 is 0 Å². The van der Waals surface area contributed by atoms with Crippen LogP contribution in [0.5, 0.6) is 0 Å². The van der Waals surface area contributed by atoms with E-state index in [-0.39, 0.29) is 0 Å². The summed E-state index contributed by atoms with van der Waals surface area (Å²) < 4.78 is 6.93. The van der Waals surface area contributed by atoms with Crippen LogP contribution in [0.1, 0.15) is 35.6 Å². The van der Waals surface area contributed by atoms with Crippen LogP contribution >= 0.6 is 11.3 Å². The molecule has 108 valence electrons. The SMILES string of the molecule is Cc1c(C(=O)OCC(C)C)nnn1CCc1ccsc1. The molecule has 0 atom stereocenters. The lowest BCUT2D eigenvalue weighted by Gasteiger charge is -2.06. The molecule has 0 radical (unpaired) electrons. The lowest BCUT2D eigenvalue weighted by Crippen LogP contribution is -2.12. The van der Waals surface area contributed by atoms with E-state index in [0.29, 0.717) is 24.8 Å². The van der Waals surface area contributed by atoms with E-state index in [9.17, 15) is 4.79 Å². The van der Waals surface area contributed by atoms with Crippen molar-refractivity contribution in [2.24, 2.45) is 5.92 Å². The molecule has 0 saturated heterocycles. The lowest BCUT2D eigenvalue weighted by atomic mass is 10.2. The molecule has 2 aromatic rings. The quantitative estimate of drug-likeness (QED) is 0.768. The number of nitrogens with zero attached hydrogens (tertiary/aromatic N) is 3. The molecule has 2 heterocycles. The minimum absolute atomic E-state index is 0.313. The number of carbonyl (C=O) groups excluding carboxylic acids is 1. The van der Waals surface area contributed by atoms with Crippen LogP contribution in [0.3, 0.4) is 0 Å². The fraction of sp³-hybridized carbons (Fsp3) is 0.500. The largest absolute Gasteiger partial charge is 0.461 e. The third-order valence-corrected chi connectivity index (χ3v) is 3.65. The summed E-state index contributed by atoms with van der Waals surface area (Å²) in [7, 11) is 0. The second-order valence-corrected chi connectivity index (χ2v) is 5.90. The molecule has 2 rings (SSSR count). The van der Waals surface area contributed by atoms with Gasteiger partial charge in [-0.25, -0.2) is 9.48 Å². The zero-order valence-corrected chi connectivity index (χ0v) is 12.8. The smallest absolute Gasteiger partial charge is 0.360 e. The second-order valence-electron chi connectivity index (χ2n) is 5.12. The molecule has 0 fully saturated rings. The molecule has 5 nitrogen and oxygen atoms in total. The molecule has 0 saturated carbocycles. The minimum Gasteiger partial charge on any atom is -0.461 e. The Morgan fingerprint density at radius 2 is 2.30 bits per heavy atom. The van der Waals surface area contributed by atoms with Gasteiger partial charge in [0.1, 0.15) is 0 Å². The highest BCUT2D eigenvalue weighted by Gasteiger charge is 2.18. The van der Waals surface area contributed by atoms with Gasteiger partial charge in [-0.05, 0) is 41.7 Å². The maximum absolute atomic E-state index is 11.9. The summed E-state index contributed by atoms with van der Waals surface area (Å²) in [5, 5.41) is 12.1. The number of hydrogen-bond acceptors (Lipinski definition) is 5.